The molecular weight excluding hydrogens is 236 g/mol. The zero-order valence-electron chi connectivity index (χ0n) is 9.26. The molecule has 2 N–H and O–H groups in total. The summed E-state index contributed by atoms with van der Waals surface area (Å²) in [7, 11) is -4.01. The van der Waals surface area contributed by atoms with Crippen molar-refractivity contribution in [2.75, 3.05) is 12.4 Å². The van der Waals surface area contributed by atoms with E-state index in [1.807, 2.05) is 0 Å². The Morgan fingerprint density at radius 1 is 1.38 bits per heavy atom. The Labute approximate surface area is 94.7 Å². The monoisotopic (exact) mass is 252 g/mol. The largest absolute Gasteiger partial charge is 0.498 e. The molecule has 0 bridgehead atoms. The fraction of sp³-hybridized carbons (Fsp3) is 0.667. The second kappa shape index (κ2) is 6.49. The van der Waals surface area contributed by atoms with E-state index in [0.29, 0.717) is 6.61 Å². The van der Waals surface area contributed by atoms with Gasteiger partial charge in [0, 0.05) is 6.42 Å². The Hall–Kier alpha value is -1.08. The molecule has 0 saturated carbocycles. The van der Waals surface area contributed by atoms with Gasteiger partial charge in [0.05, 0.1) is 17.9 Å². The molecule has 0 rings (SSSR count). The molecule has 0 fully saturated rings. The lowest BCUT2D eigenvalue weighted by Crippen LogP contribution is -2.08. The minimum absolute atomic E-state index is 0.0530. The molecule has 0 amide bonds. The van der Waals surface area contributed by atoms with Crippen LogP contribution in [-0.4, -0.2) is 36.4 Å². The van der Waals surface area contributed by atoms with Crippen LogP contribution < -0.4 is 0 Å². The van der Waals surface area contributed by atoms with E-state index in [0.717, 1.165) is 0 Å². The summed E-state index contributed by atoms with van der Waals surface area (Å²) in [6, 6.07) is 0. The lowest BCUT2D eigenvalue weighted by Gasteiger charge is -2.10. The van der Waals surface area contributed by atoms with E-state index in [4.69, 9.17) is 14.4 Å². The average molecular weight is 252 g/mol. The number of aliphatic carboxylic acids is 1. The Bertz CT molecular complexity index is 367. The maximum absolute atomic E-state index is 10.7. The van der Waals surface area contributed by atoms with Crippen molar-refractivity contribution in [3.05, 3.63) is 11.3 Å². The third-order valence-corrected chi connectivity index (χ3v) is 2.67. The van der Waals surface area contributed by atoms with Crippen LogP contribution >= 0.6 is 0 Å². The minimum Gasteiger partial charge on any atom is -0.498 e. The van der Waals surface area contributed by atoms with Gasteiger partial charge in [-0.25, -0.2) is 4.79 Å². The van der Waals surface area contributed by atoms with Gasteiger partial charge in [-0.15, -0.1) is 0 Å². The molecule has 0 aliphatic carbocycles. The Morgan fingerprint density at radius 2 is 1.94 bits per heavy atom. The Balaban J connectivity index is 4.48. The maximum Gasteiger partial charge on any atom is 0.334 e. The molecule has 0 aromatic carbocycles. The fourth-order valence-electron chi connectivity index (χ4n) is 1.08. The summed E-state index contributed by atoms with van der Waals surface area (Å²) >= 11 is 0. The van der Waals surface area contributed by atoms with E-state index < -0.39 is 21.8 Å². The van der Waals surface area contributed by atoms with Gasteiger partial charge in [-0.3, -0.25) is 4.55 Å². The molecule has 0 spiro atoms. The number of hydrogen-bond acceptors (Lipinski definition) is 4. The summed E-state index contributed by atoms with van der Waals surface area (Å²) in [6.45, 7) is 3.41. The molecule has 0 atom stereocenters. The number of carboxylic acid groups (broad SMARTS) is 1. The van der Waals surface area contributed by atoms with Gasteiger partial charge < -0.3 is 9.84 Å². The van der Waals surface area contributed by atoms with Crippen LogP contribution in [0.4, 0.5) is 0 Å². The van der Waals surface area contributed by atoms with Gasteiger partial charge in [0.2, 0.25) is 0 Å². The van der Waals surface area contributed by atoms with Crippen LogP contribution in [0.1, 0.15) is 26.7 Å². The van der Waals surface area contributed by atoms with Crippen molar-refractivity contribution >= 4 is 16.1 Å². The summed E-state index contributed by atoms with van der Waals surface area (Å²) < 4.78 is 34.5. The van der Waals surface area contributed by atoms with E-state index in [-0.39, 0.29) is 24.2 Å². The van der Waals surface area contributed by atoms with Crippen LogP contribution in [0.25, 0.3) is 0 Å². The second-order valence-electron chi connectivity index (χ2n) is 3.18. The molecule has 0 aromatic rings. The lowest BCUT2D eigenvalue weighted by atomic mass is 10.2. The molecule has 0 heterocycles. The number of hydrogen-bond donors (Lipinski definition) is 2. The van der Waals surface area contributed by atoms with E-state index in [1.165, 1.54) is 6.92 Å². The zero-order chi connectivity index (χ0) is 12.8. The molecule has 0 saturated heterocycles. The molecule has 7 heteroatoms. The lowest BCUT2D eigenvalue weighted by molar-refractivity contribution is -0.132. The summed E-state index contributed by atoms with van der Waals surface area (Å²) in [5, 5.41) is 8.73. The maximum atomic E-state index is 10.7. The van der Waals surface area contributed by atoms with Crippen molar-refractivity contribution in [3.8, 4) is 0 Å². The highest BCUT2D eigenvalue weighted by atomic mass is 32.2. The number of ether oxygens (including phenoxy) is 1. The predicted molar refractivity (Wildman–Crippen MR) is 57.6 cm³/mol. The van der Waals surface area contributed by atoms with Crippen LogP contribution in [0.15, 0.2) is 11.3 Å². The van der Waals surface area contributed by atoms with Crippen molar-refractivity contribution in [2.45, 2.75) is 26.7 Å². The summed E-state index contributed by atoms with van der Waals surface area (Å²) in [4.78, 5) is 10.7. The first-order chi connectivity index (χ1) is 7.28. The predicted octanol–water partition coefficient (Wildman–Crippen LogP) is 1.05. The fourth-order valence-corrected chi connectivity index (χ4v) is 1.59. The number of allylic oxidation sites excluding steroid dienone is 1. The zero-order valence-corrected chi connectivity index (χ0v) is 10.1. The molecule has 0 aromatic heterocycles. The molecule has 0 radical (unpaired) electrons. The van der Waals surface area contributed by atoms with E-state index in [9.17, 15) is 13.2 Å². The first-order valence-corrected chi connectivity index (χ1v) is 6.39. The molecule has 94 valence electrons. The van der Waals surface area contributed by atoms with Crippen molar-refractivity contribution in [1.29, 1.82) is 0 Å². The third kappa shape index (κ3) is 6.41. The third-order valence-electron chi connectivity index (χ3n) is 1.86. The van der Waals surface area contributed by atoms with E-state index >= 15 is 0 Å². The van der Waals surface area contributed by atoms with Crippen LogP contribution in [0.5, 0.6) is 0 Å². The highest BCUT2D eigenvalue weighted by Gasteiger charge is 2.12. The van der Waals surface area contributed by atoms with Gasteiger partial charge in [-0.2, -0.15) is 8.42 Å². The molecule has 0 unspecified atom stereocenters. The van der Waals surface area contributed by atoms with Crippen LogP contribution in [0.3, 0.4) is 0 Å². The van der Waals surface area contributed by atoms with Gasteiger partial charge in [0.15, 0.2) is 0 Å². The van der Waals surface area contributed by atoms with E-state index in [2.05, 4.69) is 0 Å². The molecule has 0 aliphatic heterocycles. The highest BCUT2D eigenvalue weighted by molar-refractivity contribution is 7.85. The smallest absolute Gasteiger partial charge is 0.334 e. The van der Waals surface area contributed by atoms with Crippen LogP contribution in [0.2, 0.25) is 0 Å². The number of carboxylic acids is 1. The second-order valence-corrected chi connectivity index (χ2v) is 4.75. The summed E-state index contributed by atoms with van der Waals surface area (Å²) in [6.07, 6.45) is 0.296. The standard InChI is InChI=1S/C9H16O6S/c1-3-15-8(7(2)9(10)11)5-4-6-16(12,13)14/h3-6H2,1-2H3,(H,10,11)(H,12,13,14). The normalized spacial score (nSPS) is 13.2. The Kier molecular flexibility index (Phi) is 6.05. The summed E-state index contributed by atoms with van der Waals surface area (Å²) in [5.41, 5.74) is 0.0530. The first-order valence-electron chi connectivity index (χ1n) is 4.79. The average Bonchev–Trinajstić information content (AvgIpc) is 2.13. The highest BCUT2D eigenvalue weighted by Crippen LogP contribution is 2.13. The Morgan fingerprint density at radius 3 is 2.31 bits per heavy atom. The molecule has 0 aliphatic rings. The van der Waals surface area contributed by atoms with Crippen LogP contribution in [0, 0.1) is 0 Å². The topological polar surface area (TPSA) is 101 Å². The van der Waals surface area contributed by atoms with Gasteiger partial charge in [-0.1, -0.05) is 0 Å². The van der Waals surface area contributed by atoms with Gasteiger partial charge in [-0.05, 0) is 20.3 Å². The summed E-state index contributed by atoms with van der Waals surface area (Å²) in [5.74, 6) is -1.26. The quantitative estimate of drug-likeness (QED) is 0.399. The SMILES string of the molecule is CCOC(CCCS(=O)(=O)O)=C(C)C(=O)O. The van der Waals surface area contributed by atoms with Crippen LogP contribution in [-0.2, 0) is 19.6 Å². The van der Waals surface area contributed by atoms with Gasteiger partial charge in [0.25, 0.3) is 10.1 Å². The van der Waals surface area contributed by atoms with E-state index in [1.54, 1.807) is 6.92 Å². The number of rotatable bonds is 7. The first kappa shape index (κ1) is 14.9. The number of carbonyl (C=O) groups is 1. The minimum atomic E-state index is -4.01. The van der Waals surface area contributed by atoms with Crippen molar-refractivity contribution in [2.24, 2.45) is 0 Å². The molecule has 16 heavy (non-hydrogen) atoms. The molecular formula is C9H16O6S. The van der Waals surface area contributed by atoms with Crippen molar-refractivity contribution in [3.63, 3.8) is 0 Å². The molecule has 6 nitrogen and oxygen atoms in total. The van der Waals surface area contributed by atoms with Gasteiger partial charge >= 0.3 is 5.97 Å². The van der Waals surface area contributed by atoms with Crippen molar-refractivity contribution in [1.82, 2.24) is 0 Å². The van der Waals surface area contributed by atoms with Gasteiger partial charge in [0.1, 0.15) is 5.76 Å². The van der Waals surface area contributed by atoms with Crippen molar-refractivity contribution < 1.29 is 27.6 Å².